The summed E-state index contributed by atoms with van der Waals surface area (Å²) in [5.41, 5.74) is 0.474. The molecule has 0 radical (unpaired) electrons. The second kappa shape index (κ2) is 6.28. The molecule has 110 valence electrons. The molecule has 1 aromatic carbocycles. The first-order chi connectivity index (χ1) is 9.51. The smallest absolute Gasteiger partial charge is 0.198 e. The number of nitrogens with one attached hydrogen (secondary N) is 1. The molecule has 0 fully saturated rings. The zero-order valence-electron chi connectivity index (χ0n) is 10.7. The average Bonchev–Trinajstić information content (AvgIpc) is 2.86. The van der Waals surface area contributed by atoms with E-state index in [9.17, 15) is 17.6 Å². The lowest BCUT2D eigenvalue weighted by molar-refractivity contribution is -0.909. The summed E-state index contributed by atoms with van der Waals surface area (Å²) in [6.45, 7) is 3.74. The maximum Gasteiger partial charge on any atom is 0.198 e. The fraction of sp³-hybridized carbons (Fsp3) is 0.385. The highest BCUT2D eigenvalue weighted by Crippen LogP contribution is 2.33. The SMILES string of the molecule is CC[NH+](CCCl)Cc1csc2c(F)c(F)c(F)c(F)c12. The number of rotatable bonds is 5. The Morgan fingerprint density at radius 1 is 1.10 bits per heavy atom. The zero-order chi connectivity index (χ0) is 14.9. The minimum atomic E-state index is -1.76. The molecule has 0 amide bonds. The maximum atomic E-state index is 13.9. The summed E-state index contributed by atoms with van der Waals surface area (Å²) >= 11 is 6.55. The largest absolute Gasteiger partial charge is 0.330 e. The van der Waals surface area contributed by atoms with Gasteiger partial charge in [0.25, 0.3) is 0 Å². The normalized spacial score (nSPS) is 13.1. The topological polar surface area (TPSA) is 4.44 Å². The van der Waals surface area contributed by atoms with Crippen LogP contribution in [0.3, 0.4) is 0 Å². The van der Waals surface area contributed by atoms with Crippen LogP contribution in [-0.4, -0.2) is 19.0 Å². The summed E-state index contributed by atoms with van der Waals surface area (Å²) in [5, 5.41) is 1.38. The quantitative estimate of drug-likeness (QED) is 0.373. The van der Waals surface area contributed by atoms with E-state index in [2.05, 4.69) is 0 Å². The third-order valence-electron chi connectivity index (χ3n) is 3.25. The summed E-state index contributed by atoms with van der Waals surface area (Å²) in [6, 6.07) is 0. The number of hydrogen-bond donors (Lipinski definition) is 1. The molecule has 7 heteroatoms. The molecule has 0 bridgehead atoms. The Morgan fingerprint density at radius 2 is 1.75 bits per heavy atom. The monoisotopic (exact) mass is 326 g/mol. The molecule has 0 aliphatic rings. The number of quaternary nitrogens is 1. The molecule has 0 aliphatic heterocycles. The van der Waals surface area contributed by atoms with E-state index in [-0.39, 0.29) is 10.1 Å². The molecule has 1 N–H and O–H groups in total. The molecular weight excluding hydrogens is 314 g/mol. The van der Waals surface area contributed by atoms with E-state index >= 15 is 0 Å². The first kappa shape index (κ1) is 15.5. The third-order valence-corrected chi connectivity index (χ3v) is 4.46. The molecule has 0 aliphatic carbocycles. The van der Waals surface area contributed by atoms with Gasteiger partial charge < -0.3 is 4.90 Å². The van der Waals surface area contributed by atoms with Crippen LogP contribution >= 0.6 is 22.9 Å². The van der Waals surface area contributed by atoms with Gasteiger partial charge in [0.2, 0.25) is 0 Å². The van der Waals surface area contributed by atoms with Crippen molar-refractivity contribution in [1.82, 2.24) is 0 Å². The minimum absolute atomic E-state index is 0.160. The highest BCUT2D eigenvalue weighted by molar-refractivity contribution is 7.17. The summed E-state index contributed by atoms with van der Waals surface area (Å²) in [5.74, 6) is -5.73. The molecule has 0 saturated heterocycles. The van der Waals surface area contributed by atoms with Crippen molar-refractivity contribution in [3.63, 3.8) is 0 Å². The standard InChI is InChI=1S/C13H12ClF4NS/c1-2-19(4-3-14)5-7-6-20-13-8(7)9(15)10(16)11(17)12(13)18/h6H,2-5H2,1H3/p+1. The molecule has 0 spiro atoms. The van der Waals surface area contributed by atoms with E-state index in [4.69, 9.17) is 11.6 Å². The van der Waals surface area contributed by atoms with Crippen LogP contribution in [0.5, 0.6) is 0 Å². The van der Waals surface area contributed by atoms with Crippen LogP contribution in [0.25, 0.3) is 10.1 Å². The van der Waals surface area contributed by atoms with Crippen LogP contribution in [-0.2, 0) is 6.54 Å². The van der Waals surface area contributed by atoms with Crippen molar-refractivity contribution in [2.24, 2.45) is 0 Å². The van der Waals surface area contributed by atoms with Crippen LogP contribution < -0.4 is 4.90 Å². The first-order valence-corrected chi connectivity index (χ1v) is 7.54. The molecule has 0 saturated carbocycles. The molecule has 1 atom stereocenters. The highest BCUT2D eigenvalue weighted by atomic mass is 35.5. The predicted molar refractivity (Wildman–Crippen MR) is 72.5 cm³/mol. The lowest BCUT2D eigenvalue weighted by Gasteiger charge is -2.16. The Bertz CT molecular complexity index is 629. The Balaban J connectivity index is 2.51. The number of hydrogen-bond acceptors (Lipinski definition) is 1. The maximum absolute atomic E-state index is 13.9. The highest BCUT2D eigenvalue weighted by Gasteiger charge is 2.25. The molecule has 2 rings (SSSR count). The van der Waals surface area contributed by atoms with Crippen LogP contribution in [0.15, 0.2) is 5.38 Å². The summed E-state index contributed by atoms with van der Waals surface area (Å²) in [6.07, 6.45) is 0. The van der Waals surface area contributed by atoms with Crippen LogP contribution in [0, 0.1) is 23.3 Å². The molecule has 20 heavy (non-hydrogen) atoms. The van der Waals surface area contributed by atoms with Gasteiger partial charge in [-0.2, -0.15) is 0 Å². The summed E-state index contributed by atoms with van der Waals surface area (Å²) < 4.78 is 53.8. The van der Waals surface area contributed by atoms with E-state index < -0.39 is 23.3 Å². The van der Waals surface area contributed by atoms with Crippen LogP contribution in [0.2, 0.25) is 0 Å². The van der Waals surface area contributed by atoms with Crippen molar-refractivity contribution in [2.75, 3.05) is 19.0 Å². The summed E-state index contributed by atoms with van der Waals surface area (Å²) in [7, 11) is 0. The molecular formula is C13H13ClF4NS+. The third kappa shape index (κ3) is 2.64. The van der Waals surface area contributed by atoms with E-state index in [1.165, 1.54) is 0 Å². The Morgan fingerprint density at radius 3 is 2.35 bits per heavy atom. The van der Waals surface area contributed by atoms with E-state index in [1.54, 1.807) is 5.38 Å². The Hall–Kier alpha value is -0.850. The van der Waals surface area contributed by atoms with E-state index in [0.29, 0.717) is 24.5 Å². The van der Waals surface area contributed by atoms with Gasteiger partial charge in [-0.3, -0.25) is 0 Å². The van der Waals surface area contributed by atoms with E-state index in [0.717, 1.165) is 22.8 Å². The van der Waals surface area contributed by atoms with E-state index in [1.807, 2.05) is 6.92 Å². The number of fused-ring (bicyclic) bond motifs is 1. The number of benzene rings is 1. The van der Waals surface area contributed by atoms with Gasteiger partial charge in [0.1, 0.15) is 6.54 Å². The number of thiophene rings is 1. The van der Waals surface area contributed by atoms with Gasteiger partial charge in [-0.05, 0) is 6.92 Å². The lowest BCUT2D eigenvalue weighted by Crippen LogP contribution is -3.10. The number of halogens is 5. The van der Waals surface area contributed by atoms with Crippen molar-refractivity contribution in [2.45, 2.75) is 13.5 Å². The molecule has 1 aromatic heterocycles. The Kier molecular flexibility index (Phi) is 4.88. The molecule has 1 unspecified atom stereocenters. The van der Waals surface area contributed by atoms with Gasteiger partial charge in [-0.1, -0.05) is 0 Å². The lowest BCUT2D eigenvalue weighted by atomic mass is 10.1. The van der Waals surface area contributed by atoms with Gasteiger partial charge in [-0.15, -0.1) is 22.9 Å². The van der Waals surface area contributed by atoms with Gasteiger partial charge >= 0.3 is 0 Å². The fourth-order valence-corrected chi connectivity index (χ4v) is 3.38. The van der Waals surface area contributed by atoms with Crippen molar-refractivity contribution in [3.8, 4) is 0 Å². The van der Waals surface area contributed by atoms with Crippen molar-refractivity contribution < 1.29 is 22.5 Å². The molecule has 2 aromatic rings. The average molecular weight is 327 g/mol. The minimum Gasteiger partial charge on any atom is -0.330 e. The number of alkyl halides is 1. The van der Waals surface area contributed by atoms with Gasteiger partial charge in [0, 0.05) is 16.3 Å². The van der Waals surface area contributed by atoms with Crippen molar-refractivity contribution >= 4 is 33.0 Å². The molecule has 1 heterocycles. The first-order valence-electron chi connectivity index (χ1n) is 6.12. The van der Waals surface area contributed by atoms with Crippen molar-refractivity contribution in [3.05, 3.63) is 34.2 Å². The predicted octanol–water partition coefficient (Wildman–Crippen LogP) is 3.10. The van der Waals surface area contributed by atoms with Gasteiger partial charge in [0.15, 0.2) is 23.3 Å². The fourth-order valence-electron chi connectivity index (χ4n) is 2.12. The summed E-state index contributed by atoms with van der Waals surface area (Å²) in [4.78, 5) is 1.06. The zero-order valence-corrected chi connectivity index (χ0v) is 12.3. The Labute approximate surface area is 122 Å². The van der Waals surface area contributed by atoms with Gasteiger partial charge in [-0.25, -0.2) is 17.6 Å². The van der Waals surface area contributed by atoms with Crippen molar-refractivity contribution in [1.29, 1.82) is 0 Å². The second-order valence-electron chi connectivity index (χ2n) is 4.44. The van der Waals surface area contributed by atoms with Crippen LogP contribution in [0.1, 0.15) is 12.5 Å². The molecule has 1 nitrogen and oxygen atoms in total. The van der Waals surface area contributed by atoms with Gasteiger partial charge in [0.05, 0.1) is 23.7 Å². The van der Waals surface area contributed by atoms with Crippen LogP contribution in [0.4, 0.5) is 17.6 Å². The second-order valence-corrected chi connectivity index (χ2v) is 5.70.